The largest absolute Gasteiger partial charge is 0.359 e. The lowest BCUT2D eigenvalue weighted by Gasteiger charge is -2.36. The molecular weight excluding hydrogens is 188 g/mol. The number of nitrogens with one attached hydrogen (secondary N) is 1. The molecule has 2 fully saturated rings. The number of likely N-dealkylation sites (tertiary alicyclic amines) is 1. The first kappa shape index (κ1) is 10.9. The maximum absolute atomic E-state index is 11.6. The molecule has 0 aromatic carbocycles. The first-order valence-electron chi connectivity index (χ1n) is 6.27. The molecule has 0 aromatic heterocycles. The van der Waals surface area contributed by atoms with Gasteiger partial charge in [-0.3, -0.25) is 9.69 Å². The topological polar surface area (TPSA) is 32.3 Å². The summed E-state index contributed by atoms with van der Waals surface area (Å²) in [6.45, 7) is 2.20. The van der Waals surface area contributed by atoms with Gasteiger partial charge in [-0.1, -0.05) is 12.8 Å². The Morgan fingerprint density at radius 1 is 1.20 bits per heavy atom. The Morgan fingerprint density at radius 3 is 2.60 bits per heavy atom. The van der Waals surface area contributed by atoms with Gasteiger partial charge in [-0.05, 0) is 32.2 Å². The number of nitrogens with zero attached hydrogens (tertiary/aromatic N) is 1. The van der Waals surface area contributed by atoms with Gasteiger partial charge in [-0.25, -0.2) is 0 Å². The highest BCUT2D eigenvalue weighted by molar-refractivity contribution is 5.78. The fraction of sp³-hybridized carbons (Fsp3) is 0.917. The molecule has 1 saturated carbocycles. The van der Waals surface area contributed by atoms with Crippen LogP contribution in [-0.4, -0.2) is 37.0 Å². The third kappa shape index (κ3) is 2.51. The van der Waals surface area contributed by atoms with Gasteiger partial charge in [0.1, 0.15) is 0 Å². The molecule has 1 atom stereocenters. The normalized spacial score (nSPS) is 29.3. The zero-order valence-corrected chi connectivity index (χ0v) is 9.67. The van der Waals surface area contributed by atoms with E-state index in [0.29, 0.717) is 0 Å². The molecule has 0 unspecified atom stereocenters. The minimum atomic E-state index is 0.234. The summed E-state index contributed by atoms with van der Waals surface area (Å²) in [5, 5.41) is 2.78. The predicted molar refractivity (Wildman–Crippen MR) is 60.6 cm³/mol. The molecule has 0 radical (unpaired) electrons. The van der Waals surface area contributed by atoms with Crippen LogP contribution < -0.4 is 5.32 Å². The summed E-state index contributed by atoms with van der Waals surface area (Å²) in [5.41, 5.74) is 0. The quantitative estimate of drug-likeness (QED) is 0.747. The van der Waals surface area contributed by atoms with Crippen molar-refractivity contribution < 1.29 is 4.79 Å². The molecule has 3 heteroatoms. The van der Waals surface area contributed by atoms with Crippen molar-refractivity contribution in [1.29, 1.82) is 0 Å². The number of piperidine rings is 1. The molecule has 0 aromatic rings. The van der Waals surface area contributed by atoms with Gasteiger partial charge in [0.25, 0.3) is 0 Å². The van der Waals surface area contributed by atoms with Crippen LogP contribution in [0.25, 0.3) is 0 Å². The highest BCUT2D eigenvalue weighted by Gasteiger charge is 2.30. The van der Waals surface area contributed by atoms with Crippen molar-refractivity contribution in [1.82, 2.24) is 10.2 Å². The molecule has 1 N–H and O–H groups in total. The Hall–Kier alpha value is -0.570. The minimum Gasteiger partial charge on any atom is -0.359 e. The molecule has 1 saturated heterocycles. The SMILES string of the molecule is CNC(=O)[C@H]1CCCN(C2CCCC2)C1. The Bertz CT molecular complexity index is 224. The highest BCUT2D eigenvalue weighted by Crippen LogP contribution is 2.27. The zero-order chi connectivity index (χ0) is 10.7. The number of hydrogen-bond donors (Lipinski definition) is 1. The molecule has 0 bridgehead atoms. The van der Waals surface area contributed by atoms with Crippen LogP contribution in [0.15, 0.2) is 0 Å². The molecule has 1 aliphatic carbocycles. The summed E-state index contributed by atoms with van der Waals surface area (Å²) in [6, 6.07) is 0.775. The Balaban J connectivity index is 1.88. The number of rotatable bonds is 2. The van der Waals surface area contributed by atoms with Gasteiger partial charge in [0.05, 0.1) is 5.92 Å². The molecule has 0 spiro atoms. The van der Waals surface area contributed by atoms with Crippen molar-refractivity contribution in [3.63, 3.8) is 0 Å². The fourth-order valence-electron chi connectivity index (χ4n) is 3.03. The summed E-state index contributed by atoms with van der Waals surface area (Å²) < 4.78 is 0. The van der Waals surface area contributed by atoms with E-state index in [2.05, 4.69) is 10.2 Å². The first-order valence-corrected chi connectivity index (χ1v) is 6.27. The van der Waals surface area contributed by atoms with E-state index in [0.717, 1.165) is 19.0 Å². The van der Waals surface area contributed by atoms with Crippen molar-refractivity contribution in [3.8, 4) is 0 Å². The maximum Gasteiger partial charge on any atom is 0.224 e. The summed E-state index contributed by atoms with van der Waals surface area (Å²) in [5.74, 6) is 0.474. The molecule has 2 rings (SSSR count). The van der Waals surface area contributed by atoms with E-state index in [4.69, 9.17) is 0 Å². The molecule has 2 aliphatic rings. The molecule has 1 aliphatic heterocycles. The lowest BCUT2D eigenvalue weighted by Crippen LogP contribution is -2.45. The second kappa shape index (κ2) is 4.97. The smallest absolute Gasteiger partial charge is 0.224 e. The summed E-state index contributed by atoms with van der Waals surface area (Å²) in [6.07, 6.45) is 7.72. The molecule has 15 heavy (non-hydrogen) atoms. The molecule has 1 heterocycles. The zero-order valence-electron chi connectivity index (χ0n) is 9.67. The second-order valence-electron chi connectivity index (χ2n) is 4.89. The molecule has 1 amide bonds. The van der Waals surface area contributed by atoms with Crippen molar-refractivity contribution in [2.24, 2.45) is 5.92 Å². The van der Waals surface area contributed by atoms with Gasteiger partial charge in [0, 0.05) is 19.6 Å². The second-order valence-corrected chi connectivity index (χ2v) is 4.89. The van der Waals surface area contributed by atoms with Gasteiger partial charge in [0.15, 0.2) is 0 Å². The van der Waals surface area contributed by atoms with Gasteiger partial charge < -0.3 is 5.32 Å². The molecular formula is C12H22N2O. The van der Waals surface area contributed by atoms with E-state index >= 15 is 0 Å². The first-order chi connectivity index (χ1) is 7.31. The Kier molecular flexibility index (Phi) is 3.62. The van der Waals surface area contributed by atoms with Crippen LogP contribution >= 0.6 is 0 Å². The van der Waals surface area contributed by atoms with Crippen LogP contribution in [0.2, 0.25) is 0 Å². The van der Waals surface area contributed by atoms with E-state index in [1.54, 1.807) is 7.05 Å². The van der Waals surface area contributed by atoms with E-state index in [9.17, 15) is 4.79 Å². The van der Waals surface area contributed by atoms with Crippen LogP contribution in [0, 0.1) is 5.92 Å². The third-order valence-corrected chi connectivity index (χ3v) is 3.91. The number of carbonyl (C=O) groups excluding carboxylic acids is 1. The lowest BCUT2D eigenvalue weighted by atomic mass is 9.95. The number of amides is 1. The Labute approximate surface area is 92.2 Å². The number of hydrogen-bond acceptors (Lipinski definition) is 2. The Morgan fingerprint density at radius 2 is 1.93 bits per heavy atom. The summed E-state index contributed by atoms with van der Waals surface area (Å²) in [4.78, 5) is 14.1. The standard InChI is InChI=1S/C12H22N2O/c1-13-12(15)10-5-4-8-14(9-10)11-6-2-3-7-11/h10-11H,2-9H2,1H3,(H,13,15)/t10-/m0/s1. The van der Waals surface area contributed by atoms with E-state index in [1.807, 2.05) is 0 Å². The van der Waals surface area contributed by atoms with Crippen molar-refractivity contribution in [2.75, 3.05) is 20.1 Å². The van der Waals surface area contributed by atoms with Crippen molar-refractivity contribution in [3.05, 3.63) is 0 Å². The van der Waals surface area contributed by atoms with Gasteiger partial charge in [-0.15, -0.1) is 0 Å². The summed E-state index contributed by atoms with van der Waals surface area (Å²) >= 11 is 0. The van der Waals surface area contributed by atoms with Crippen LogP contribution in [0.3, 0.4) is 0 Å². The highest BCUT2D eigenvalue weighted by atomic mass is 16.1. The van der Waals surface area contributed by atoms with Gasteiger partial charge in [-0.2, -0.15) is 0 Å². The van der Waals surface area contributed by atoms with Crippen LogP contribution in [0.4, 0.5) is 0 Å². The van der Waals surface area contributed by atoms with E-state index in [-0.39, 0.29) is 11.8 Å². The number of carbonyl (C=O) groups is 1. The average Bonchev–Trinajstić information content (AvgIpc) is 2.82. The van der Waals surface area contributed by atoms with Crippen LogP contribution in [0.1, 0.15) is 38.5 Å². The van der Waals surface area contributed by atoms with Crippen LogP contribution in [0.5, 0.6) is 0 Å². The van der Waals surface area contributed by atoms with E-state index in [1.165, 1.54) is 38.6 Å². The third-order valence-electron chi connectivity index (χ3n) is 3.91. The van der Waals surface area contributed by atoms with Crippen LogP contribution in [-0.2, 0) is 4.79 Å². The fourth-order valence-corrected chi connectivity index (χ4v) is 3.03. The molecule has 3 nitrogen and oxygen atoms in total. The minimum absolute atomic E-state index is 0.234. The maximum atomic E-state index is 11.6. The lowest BCUT2D eigenvalue weighted by molar-refractivity contribution is -0.126. The molecule has 86 valence electrons. The van der Waals surface area contributed by atoms with E-state index < -0.39 is 0 Å². The van der Waals surface area contributed by atoms with Gasteiger partial charge >= 0.3 is 0 Å². The van der Waals surface area contributed by atoms with Crippen molar-refractivity contribution in [2.45, 2.75) is 44.6 Å². The average molecular weight is 210 g/mol. The monoisotopic (exact) mass is 210 g/mol. The summed E-state index contributed by atoms with van der Waals surface area (Å²) in [7, 11) is 1.75. The van der Waals surface area contributed by atoms with Gasteiger partial charge in [0.2, 0.25) is 5.91 Å². The predicted octanol–water partition coefficient (Wildman–Crippen LogP) is 1.39. The van der Waals surface area contributed by atoms with Crippen molar-refractivity contribution >= 4 is 5.91 Å².